The van der Waals surface area contributed by atoms with Gasteiger partial charge in [-0.3, -0.25) is 9.69 Å². The van der Waals surface area contributed by atoms with Gasteiger partial charge in [0.15, 0.2) is 5.17 Å². The van der Waals surface area contributed by atoms with Crippen LogP contribution >= 0.6 is 23.4 Å². The van der Waals surface area contributed by atoms with Crippen LogP contribution < -0.4 is 0 Å². The number of hydrogen-bond acceptors (Lipinski definition) is 3. The summed E-state index contributed by atoms with van der Waals surface area (Å²) in [7, 11) is 1.75. The van der Waals surface area contributed by atoms with Gasteiger partial charge in [0.05, 0.1) is 10.6 Å². The van der Waals surface area contributed by atoms with Crippen molar-refractivity contribution in [1.82, 2.24) is 4.90 Å². The van der Waals surface area contributed by atoms with Gasteiger partial charge in [-0.2, -0.15) is 0 Å². The number of hydrogen-bond donors (Lipinski definition) is 0. The number of aliphatic imine (C=N–C) groups is 1. The Labute approximate surface area is 173 Å². The van der Waals surface area contributed by atoms with E-state index < -0.39 is 0 Å². The highest BCUT2D eigenvalue weighted by Gasteiger charge is 2.30. The first kappa shape index (κ1) is 18.5. The molecular formula is C23H17ClN2OS. The van der Waals surface area contributed by atoms with Crippen LogP contribution in [-0.4, -0.2) is 23.0 Å². The van der Waals surface area contributed by atoms with Crippen LogP contribution in [0.15, 0.2) is 88.8 Å². The average molecular weight is 405 g/mol. The molecule has 3 aromatic rings. The number of carbonyl (C=O) groups excluding carboxylic acids is 1. The minimum absolute atomic E-state index is 0.0403. The molecule has 1 heterocycles. The Hall–Kier alpha value is -2.82. The summed E-state index contributed by atoms with van der Waals surface area (Å²) in [6.07, 6.45) is 1.91. The Morgan fingerprint density at radius 2 is 1.50 bits per heavy atom. The molecule has 138 valence electrons. The number of para-hydroxylation sites is 1. The first-order valence-corrected chi connectivity index (χ1v) is 9.97. The van der Waals surface area contributed by atoms with Crippen LogP contribution in [-0.2, 0) is 4.79 Å². The maximum absolute atomic E-state index is 12.6. The van der Waals surface area contributed by atoms with Crippen molar-refractivity contribution in [2.45, 2.75) is 0 Å². The third kappa shape index (κ3) is 4.03. The molecule has 1 saturated heterocycles. The molecule has 4 rings (SSSR count). The summed E-state index contributed by atoms with van der Waals surface area (Å²) in [4.78, 5) is 19.4. The lowest BCUT2D eigenvalue weighted by Crippen LogP contribution is -2.23. The van der Waals surface area contributed by atoms with E-state index in [4.69, 9.17) is 11.6 Å². The zero-order valence-corrected chi connectivity index (χ0v) is 16.7. The molecule has 0 aromatic heterocycles. The van der Waals surface area contributed by atoms with Gasteiger partial charge in [0, 0.05) is 12.1 Å². The predicted molar refractivity (Wildman–Crippen MR) is 119 cm³/mol. The molecule has 0 N–H and O–H groups in total. The Morgan fingerprint density at radius 1 is 0.893 bits per heavy atom. The topological polar surface area (TPSA) is 32.7 Å². The molecule has 1 aliphatic rings. The van der Waals surface area contributed by atoms with Gasteiger partial charge in [-0.15, -0.1) is 0 Å². The number of nitrogens with zero attached hydrogens (tertiary/aromatic N) is 2. The largest absolute Gasteiger partial charge is 0.290 e. The molecule has 3 aromatic carbocycles. The molecule has 0 aliphatic carbocycles. The van der Waals surface area contributed by atoms with E-state index >= 15 is 0 Å². The summed E-state index contributed by atoms with van der Waals surface area (Å²) in [5, 5.41) is 1.40. The first-order chi connectivity index (χ1) is 13.6. The molecule has 1 fully saturated rings. The highest BCUT2D eigenvalue weighted by molar-refractivity contribution is 8.18. The molecular weight excluding hydrogens is 388 g/mol. The van der Waals surface area contributed by atoms with Gasteiger partial charge in [-0.05, 0) is 58.8 Å². The Kier molecular flexibility index (Phi) is 5.33. The van der Waals surface area contributed by atoms with E-state index in [0.29, 0.717) is 10.1 Å². The fourth-order valence-corrected chi connectivity index (χ4v) is 3.94. The van der Waals surface area contributed by atoms with Crippen LogP contribution in [0.5, 0.6) is 0 Å². The SMILES string of the molecule is CN1C(=O)C(=Cc2ccc(-c3ccc(Cl)cc3)cc2)SC1=Nc1ccccc1. The molecule has 0 atom stereocenters. The van der Waals surface area contributed by atoms with Crippen molar-refractivity contribution in [2.75, 3.05) is 7.05 Å². The smallest absolute Gasteiger partial charge is 0.266 e. The Bertz CT molecular complexity index is 1060. The number of rotatable bonds is 3. The molecule has 0 bridgehead atoms. The third-order valence-electron chi connectivity index (χ3n) is 4.37. The molecule has 1 amide bonds. The summed E-state index contributed by atoms with van der Waals surface area (Å²) < 4.78 is 0. The van der Waals surface area contributed by atoms with Gasteiger partial charge >= 0.3 is 0 Å². The van der Waals surface area contributed by atoms with E-state index in [-0.39, 0.29) is 5.91 Å². The zero-order valence-electron chi connectivity index (χ0n) is 15.2. The van der Waals surface area contributed by atoms with Crippen LogP contribution in [0.2, 0.25) is 5.02 Å². The summed E-state index contributed by atoms with van der Waals surface area (Å²) in [5.41, 5.74) is 4.01. The lowest BCUT2D eigenvalue weighted by molar-refractivity contribution is -0.121. The lowest BCUT2D eigenvalue weighted by atomic mass is 10.0. The molecule has 1 aliphatic heterocycles. The van der Waals surface area contributed by atoms with Crippen molar-refractivity contribution >= 4 is 46.2 Å². The highest BCUT2D eigenvalue weighted by atomic mass is 35.5. The molecule has 3 nitrogen and oxygen atoms in total. The van der Waals surface area contributed by atoms with Crippen LogP contribution in [0.3, 0.4) is 0 Å². The fraction of sp³-hybridized carbons (Fsp3) is 0.0435. The third-order valence-corrected chi connectivity index (χ3v) is 5.68. The van der Waals surface area contributed by atoms with Crippen LogP contribution in [0.1, 0.15) is 5.56 Å². The standard InChI is InChI=1S/C23H17ClN2OS/c1-26-22(27)21(28-23(26)25-20-5-3-2-4-6-20)15-16-7-9-17(10-8-16)18-11-13-19(24)14-12-18/h2-15H,1H3. The van der Waals surface area contributed by atoms with Gasteiger partial charge in [-0.25, -0.2) is 4.99 Å². The molecule has 28 heavy (non-hydrogen) atoms. The zero-order chi connectivity index (χ0) is 19.5. The van der Waals surface area contributed by atoms with Crippen molar-refractivity contribution in [3.05, 3.63) is 94.4 Å². The number of amidine groups is 1. The lowest BCUT2D eigenvalue weighted by Gasteiger charge is -2.06. The second kappa shape index (κ2) is 8.05. The summed E-state index contributed by atoms with van der Waals surface area (Å²) in [6, 6.07) is 25.5. The number of benzene rings is 3. The molecule has 0 unspecified atom stereocenters. The normalized spacial score (nSPS) is 16.9. The van der Waals surface area contributed by atoms with Crippen molar-refractivity contribution in [3.8, 4) is 11.1 Å². The first-order valence-electron chi connectivity index (χ1n) is 8.77. The van der Waals surface area contributed by atoms with Crippen LogP contribution in [0.25, 0.3) is 17.2 Å². The van der Waals surface area contributed by atoms with Crippen molar-refractivity contribution in [1.29, 1.82) is 0 Å². The van der Waals surface area contributed by atoms with Crippen LogP contribution in [0.4, 0.5) is 5.69 Å². The average Bonchev–Trinajstić information content (AvgIpc) is 2.98. The fourth-order valence-electron chi connectivity index (χ4n) is 2.83. The summed E-state index contributed by atoms with van der Waals surface area (Å²) >= 11 is 7.34. The molecule has 0 spiro atoms. The van der Waals surface area contributed by atoms with Crippen molar-refractivity contribution in [2.24, 2.45) is 4.99 Å². The van der Waals surface area contributed by atoms with E-state index in [1.807, 2.05) is 84.9 Å². The van der Waals surface area contributed by atoms with Gasteiger partial charge < -0.3 is 0 Å². The maximum atomic E-state index is 12.6. The van der Waals surface area contributed by atoms with Crippen molar-refractivity contribution in [3.63, 3.8) is 0 Å². The van der Waals surface area contributed by atoms with Crippen molar-refractivity contribution < 1.29 is 4.79 Å². The number of halogens is 1. The number of carbonyl (C=O) groups is 1. The molecule has 5 heteroatoms. The quantitative estimate of drug-likeness (QED) is 0.484. The Morgan fingerprint density at radius 3 is 2.14 bits per heavy atom. The predicted octanol–water partition coefficient (Wildman–Crippen LogP) is 6.24. The van der Waals surface area contributed by atoms with E-state index in [0.717, 1.165) is 27.4 Å². The van der Waals surface area contributed by atoms with Crippen LogP contribution in [0, 0.1) is 0 Å². The minimum Gasteiger partial charge on any atom is -0.290 e. The second-order valence-electron chi connectivity index (χ2n) is 6.33. The molecule has 0 radical (unpaired) electrons. The second-order valence-corrected chi connectivity index (χ2v) is 7.78. The van der Waals surface area contributed by atoms with E-state index in [1.54, 1.807) is 11.9 Å². The highest BCUT2D eigenvalue weighted by Crippen LogP contribution is 2.33. The van der Waals surface area contributed by atoms with E-state index in [2.05, 4.69) is 4.99 Å². The van der Waals surface area contributed by atoms with Gasteiger partial charge in [0.2, 0.25) is 0 Å². The monoisotopic (exact) mass is 404 g/mol. The number of amides is 1. The maximum Gasteiger partial charge on any atom is 0.266 e. The molecule has 0 saturated carbocycles. The Balaban J connectivity index is 1.56. The number of likely N-dealkylation sites (N-methyl/N-ethyl adjacent to an activating group) is 1. The van der Waals surface area contributed by atoms with Gasteiger partial charge in [0.1, 0.15) is 0 Å². The van der Waals surface area contributed by atoms with Gasteiger partial charge in [0.25, 0.3) is 5.91 Å². The van der Waals surface area contributed by atoms with E-state index in [1.165, 1.54) is 11.8 Å². The number of thioether (sulfide) groups is 1. The van der Waals surface area contributed by atoms with Gasteiger partial charge in [-0.1, -0.05) is 66.2 Å². The summed E-state index contributed by atoms with van der Waals surface area (Å²) in [6.45, 7) is 0. The summed E-state index contributed by atoms with van der Waals surface area (Å²) in [5.74, 6) is -0.0403. The minimum atomic E-state index is -0.0403. The van der Waals surface area contributed by atoms with E-state index in [9.17, 15) is 4.79 Å².